The number of hydrogen-bond acceptors (Lipinski definition) is 4. The minimum absolute atomic E-state index is 0.00663. The highest BCUT2D eigenvalue weighted by Gasteiger charge is 2.21. The van der Waals surface area contributed by atoms with Crippen molar-refractivity contribution in [1.82, 2.24) is 9.47 Å². The summed E-state index contributed by atoms with van der Waals surface area (Å²) in [5.74, 6) is 0.000478. The molecule has 1 heterocycles. The minimum atomic E-state index is -0.554. The number of ether oxygens (including phenoxy) is 1. The lowest BCUT2D eigenvalue weighted by Gasteiger charge is -2.25. The number of carbonyl (C=O) groups is 3. The van der Waals surface area contributed by atoms with Crippen molar-refractivity contribution in [3.63, 3.8) is 0 Å². The number of carbonyl (C=O) groups excluding carboxylic acids is 3. The molecule has 6 nitrogen and oxygen atoms in total. The van der Waals surface area contributed by atoms with E-state index in [-0.39, 0.29) is 17.7 Å². The molecule has 0 aliphatic rings. The molecule has 1 amide bonds. The van der Waals surface area contributed by atoms with Gasteiger partial charge in [-0.05, 0) is 77.4 Å². The van der Waals surface area contributed by atoms with Gasteiger partial charge in [-0.1, -0.05) is 0 Å². The van der Waals surface area contributed by atoms with Crippen molar-refractivity contribution < 1.29 is 19.1 Å². The number of aromatic nitrogens is 1. The summed E-state index contributed by atoms with van der Waals surface area (Å²) in [7, 11) is 1.72. The summed E-state index contributed by atoms with van der Waals surface area (Å²) in [6, 6.07) is 9.44. The third-order valence-corrected chi connectivity index (χ3v) is 5.44. The Morgan fingerprint density at radius 1 is 1.00 bits per heavy atom. The first kappa shape index (κ1) is 22.5. The van der Waals surface area contributed by atoms with Gasteiger partial charge in [-0.15, -0.1) is 0 Å². The molecule has 2 aromatic carbocycles. The fourth-order valence-electron chi connectivity index (χ4n) is 3.89. The van der Waals surface area contributed by atoms with Crippen LogP contribution in [0, 0.1) is 6.92 Å². The topological polar surface area (TPSA) is 68.6 Å². The van der Waals surface area contributed by atoms with Crippen LogP contribution in [0.15, 0.2) is 30.3 Å². The second-order valence-corrected chi connectivity index (χ2v) is 9.03. The fourth-order valence-corrected chi connectivity index (χ4v) is 3.89. The highest BCUT2D eigenvalue weighted by Crippen LogP contribution is 2.34. The average Bonchev–Trinajstić information content (AvgIpc) is 2.98. The molecule has 0 saturated carbocycles. The van der Waals surface area contributed by atoms with Crippen molar-refractivity contribution >= 4 is 39.5 Å². The third-order valence-electron chi connectivity index (χ3n) is 5.44. The summed E-state index contributed by atoms with van der Waals surface area (Å²) < 4.78 is 7.58. The van der Waals surface area contributed by atoms with Crippen LogP contribution in [0.5, 0.6) is 0 Å². The van der Waals surface area contributed by atoms with E-state index in [9.17, 15) is 14.4 Å². The van der Waals surface area contributed by atoms with E-state index in [0.29, 0.717) is 24.2 Å². The van der Waals surface area contributed by atoms with E-state index < -0.39 is 5.60 Å². The molecule has 31 heavy (non-hydrogen) atoms. The van der Waals surface area contributed by atoms with Crippen LogP contribution in [0.3, 0.4) is 0 Å². The number of hydrogen-bond donors (Lipinski definition) is 0. The normalized spacial score (nSPS) is 11.7. The molecule has 0 unspecified atom stereocenters. The van der Waals surface area contributed by atoms with E-state index in [1.165, 1.54) is 0 Å². The molecular weight excluding hydrogens is 392 g/mol. The molecule has 0 saturated heterocycles. The first-order valence-electron chi connectivity index (χ1n) is 10.4. The zero-order valence-corrected chi connectivity index (χ0v) is 19.3. The number of benzene rings is 2. The molecule has 0 bridgehead atoms. The minimum Gasteiger partial charge on any atom is -0.444 e. The van der Waals surface area contributed by atoms with E-state index in [1.54, 1.807) is 25.8 Å². The summed E-state index contributed by atoms with van der Waals surface area (Å²) in [6.45, 7) is 11.6. The number of amides is 1. The smallest absolute Gasteiger partial charge is 0.410 e. The van der Waals surface area contributed by atoms with Gasteiger partial charge in [0.25, 0.3) is 0 Å². The summed E-state index contributed by atoms with van der Waals surface area (Å²) in [6.07, 6.45) is -0.373. The molecule has 0 aliphatic carbocycles. The van der Waals surface area contributed by atoms with Crippen LogP contribution in [-0.2, 0) is 11.3 Å². The Bertz CT molecular complexity index is 1200. The standard InChI is InChI=1S/C25H30N2O4/c1-15-19(17(3)29)9-11-22-23(15)20-14-18(16(2)28)8-10-21(20)27(22)13-12-26(7)24(30)31-25(4,5)6/h8-11,14H,12-13H2,1-7H3. The van der Waals surface area contributed by atoms with Gasteiger partial charge in [-0.25, -0.2) is 4.79 Å². The molecule has 0 radical (unpaired) electrons. The van der Waals surface area contributed by atoms with Gasteiger partial charge in [-0.3, -0.25) is 9.59 Å². The lowest BCUT2D eigenvalue weighted by atomic mass is 9.98. The Morgan fingerprint density at radius 3 is 2.23 bits per heavy atom. The summed E-state index contributed by atoms with van der Waals surface area (Å²) in [4.78, 5) is 38.0. The molecule has 0 N–H and O–H groups in total. The van der Waals surface area contributed by atoms with E-state index in [1.807, 2.05) is 58.0 Å². The zero-order chi connectivity index (χ0) is 23.1. The van der Waals surface area contributed by atoms with Crippen molar-refractivity contribution in [3.8, 4) is 0 Å². The monoisotopic (exact) mass is 422 g/mol. The summed E-state index contributed by atoms with van der Waals surface area (Å²) in [5.41, 5.74) is 3.57. The maximum Gasteiger partial charge on any atom is 0.410 e. The van der Waals surface area contributed by atoms with E-state index in [2.05, 4.69) is 4.57 Å². The van der Waals surface area contributed by atoms with E-state index in [4.69, 9.17) is 4.74 Å². The van der Waals surface area contributed by atoms with Gasteiger partial charge in [0.15, 0.2) is 11.6 Å². The number of ketones is 2. The predicted octanol–water partition coefficient (Wildman–Crippen LogP) is 5.38. The lowest BCUT2D eigenvalue weighted by molar-refractivity contribution is 0.0294. The van der Waals surface area contributed by atoms with Crippen LogP contribution in [-0.4, -0.2) is 46.3 Å². The van der Waals surface area contributed by atoms with Crippen LogP contribution < -0.4 is 0 Å². The van der Waals surface area contributed by atoms with Gasteiger partial charge in [0.1, 0.15) is 5.60 Å². The molecule has 0 fully saturated rings. The Labute approximate surface area is 182 Å². The molecule has 164 valence electrons. The Balaban J connectivity index is 2.10. The maximum absolute atomic E-state index is 12.4. The van der Waals surface area contributed by atoms with Crippen LogP contribution in [0.1, 0.15) is 60.9 Å². The number of Topliss-reactive ketones (excluding diaryl/α,β-unsaturated/α-hetero) is 2. The van der Waals surface area contributed by atoms with Gasteiger partial charge in [0.05, 0.1) is 0 Å². The van der Waals surface area contributed by atoms with Crippen molar-refractivity contribution in [2.45, 2.75) is 53.7 Å². The molecule has 3 aromatic rings. The number of fused-ring (bicyclic) bond motifs is 3. The number of aryl methyl sites for hydroxylation is 1. The van der Waals surface area contributed by atoms with Gasteiger partial charge in [0.2, 0.25) is 0 Å². The first-order valence-corrected chi connectivity index (χ1v) is 10.4. The third kappa shape index (κ3) is 4.48. The molecule has 0 atom stereocenters. The Kier molecular flexibility index (Phi) is 5.94. The Hall–Kier alpha value is -3.15. The first-order chi connectivity index (χ1) is 14.4. The molecule has 0 spiro atoms. The highest BCUT2D eigenvalue weighted by molar-refractivity contribution is 6.14. The van der Waals surface area contributed by atoms with Crippen molar-refractivity contribution in [3.05, 3.63) is 47.0 Å². The van der Waals surface area contributed by atoms with Gasteiger partial charge in [0, 0.05) is 53.1 Å². The van der Waals surface area contributed by atoms with Crippen molar-refractivity contribution in [2.75, 3.05) is 13.6 Å². The summed E-state index contributed by atoms with van der Waals surface area (Å²) in [5, 5.41) is 1.90. The number of nitrogens with zero attached hydrogens (tertiary/aromatic N) is 2. The van der Waals surface area contributed by atoms with Crippen LogP contribution in [0.4, 0.5) is 4.79 Å². The summed E-state index contributed by atoms with van der Waals surface area (Å²) >= 11 is 0. The van der Waals surface area contributed by atoms with Crippen LogP contribution in [0.25, 0.3) is 21.8 Å². The average molecular weight is 423 g/mol. The maximum atomic E-state index is 12.4. The Morgan fingerprint density at radius 2 is 1.65 bits per heavy atom. The van der Waals surface area contributed by atoms with Gasteiger partial charge < -0.3 is 14.2 Å². The van der Waals surface area contributed by atoms with Crippen LogP contribution in [0.2, 0.25) is 0 Å². The zero-order valence-electron chi connectivity index (χ0n) is 19.3. The largest absolute Gasteiger partial charge is 0.444 e. The van der Waals surface area contributed by atoms with E-state index in [0.717, 1.165) is 27.4 Å². The predicted molar refractivity (Wildman–Crippen MR) is 123 cm³/mol. The van der Waals surface area contributed by atoms with Crippen molar-refractivity contribution in [2.24, 2.45) is 0 Å². The quantitative estimate of drug-likeness (QED) is 0.518. The second-order valence-electron chi connectivity index (χ2n) is 9.03. The molecule has 0 aliphatic heterocycles. The second kappa shape index (κ2) is 8.17. The molecule has 3 rings (SSSR count). The van der Waals surface area contributed by atoms with E-state index >= 15 is 0 Å². The lowest BCUT2D eigenvalue weighted by Crippen LogP contribution is -2.35. The highest BCUT2D eigenvalue weighted by atomic mass is 16.6. The SMILES string of the molecule is CC(=O)c1ccc2c(c1)c1c(C)c(C(C)=O)ccc1n2CCN(C)C(=O)OC(C)(C)C. The van der Waals surface area contributed by atoms with Crippen molar-refractivity contribution in [1.29, 1.82) is 0 Å². The van der Waals surface area contributed by atoms with Gasteiger partial charge in [-0.2, -0.15) is 0 Å². The fraction of sp³-hybridized carbons (Fsp3) is 0.400. The van der Waals surface area contributed by atoms with Gasteiger partial charge >= 0.3 is 6.09 Å². The number of rotatable bonds is 5. The molecule has 6 heteroatoms. The molecule has 1 aromatic heterocycles. The molecular formula is C25H30N2O4. The number of likely N-dealkylation sites (N-methyl/N-ethyl adjacent to an activating group) is 1. The van der Waals surface area contributed by atoms with Crippen LogP contribution >= 0.6 is 0 Å².